The van der Waals surface area contributed by atoms with Gasteiger partial charge < -0.3 is 5.32 Å². The Morgan fingerprint density at radius 1 is 1.15 bits per heavy atom. The molecule has 0 fully saturated rings. The summed E-state index contributed by atoms with van der Waals surface area (Å²) in [5, 5.41) is 12.2. The molecular formula is C19H17Cl3N4O. The molecule has 0 aliphatic carbocycles. The van der Waals surface area contributed by atoms with Gasteiger partial charge in [-0.2, -0.15) is 0 Å². The number of hydrogen-bond acceptors (Lipinski definition) is 3. The van der Waals surface area contributed by atoms with Gasteiger partial charge in [0.05, 0.1) is 5.69 Å². The van der Waals surface area contributed by atoms with E-state index in [0.29, 0.717) is 11.4 Å². The summed E-state index contributed by atoms with van der Waals surface area (Å²) in [4.78, 5) is 11.5. The minimum absolute atomic E-state index is 0. The van der Waals surface area contributed by atoms with Gasteiger partial charge in [0.25, 0.3) is 0 Å². The normalized spacial score (nSPS) is 11.9. The second-order valence-electron chi connectivity index (χ2n) is 6.20. The van der Waals surface area contributed by atoms with Crippen LogP contribution in [0.3, 0.4) is 0 Å². The van der Waals surface area contributed by atoms with Crippen LogP contribution in [0.2, 0.25) is 5.02 Å². The Morgan fingerprint density at radius 2 is 2.00 bits per heavy atom. The number of nitrogens with zero attached hydrogens (tertiary/aromatic N) is 3. The van der Waals surface area contributed by atoms with Gasteiger partial charge in [-0.15, -0.1) is 34.2 Å². The smallest absolute Gasteiger partial charge is 0.239 e. The third-order valence-electron chi connectivity index (χ3n) is 4.39. The molecule has 140 valence electrons. The van der Waals surface area contributed by atoms with Crippen LogP contribution in [0.1, 0.15) is 22.8 Å². The highest BCUT2D eigenvalue weighted by molar-refractivity contribution is 6.30. The molecule has 1 aliphatic heterocycles. The van der Waals surface area contributed by atoms with Gasteiger partial charge in [-0.1, -0.05) is 23.7 Å². The van der Waals surface area contributed by atoms with Crippen LogP contribution in [-0.2, 0) is 24.1 Å². The van der Waals surface area contributed by atoms with E-state index >= 15 is 0 Å². The minimum atomic E-state index is -0.214. The van der Waals surface area contributed by atoms with Gasteiger partial charge in [0, 0.05) is 23.6 Å². The first-order valence-electron chi connectivity index (χ1n) is 8.31. The lowest BCUT2D eigenvalue weighted by molar-refractivity contribution is -0.113. The number of carbonyl (C=O) groups is 1. The van der Waals surface area contributed by atoms with Gasteiger partial charge >= 0.3 is 0 Å². The summed E-state index contributed by atoms with van der Waals surface area (Å²) in [6, 6.07) is 13.6. The van der Waals surface area contributed by atoms with Crippen molar-refractivity contribution in [3.05, 3.63) is 70.3 Å². The van der Waals surface area contributed by atoms with E-state index in [1.807, 2.05) is 42.5 Å². The zero-order valence-electron chi connectivity index (χ0n) is 14.3. The number of nitrogens with one attached hydrogen (secondary N) is 1. The second kappa shape index (κ2) is 8.30. The van der Waals surface area contributed by atoms with Gasteiger partial charge in [0.15, 0.2) is 0 Å². The lowest BCUT2D eigenvalue weighted by Gasteiger charge is -2.20. The van der Waals surface area contributed by atoms with Crippen LogP contribution in [0.5, 0.6) is 0 Å². The number of carbonyl (C=O) groups excluding carboxylic acids is 1. The summed E-state index contributed by atoms with van der Waals surface area (Å²) in [5.41, 5.74) is 4.04. The molecule has 1 aliphatic rings. The third kappa shape index (κ3) is 4.10. The zero-order valence-corrected chi connectivity index (χ0v) is 16.6. The fraction of sp³-hybridized carbons (Fsp3) is 0.211. The van der Waals surface area contributed by atoms with Crippen molar-refractivity contribution < 1.29 is 4.79 Å². The van der Waals surface area contributed by atoms with Crippen LogP contribution in [0.4, 0.5) is 5.69 Å². The van der Waals surface area contributed by atoms with Crippen molar-refractivity contribution in [2.75, 3.05) is 11.2 Å². The molecule has 0 saturated heterocycles. The first-order chi connectivity index (χ1) is 12.6. The number of amides is 1. The Morgan fingerprint density at radius 3 is 2.78 bits per heavy atom. The second-order valence-corrected chi connectivity index (χ2v) is 6.90. The Bertz CT molecular complexity index is 987. The SMILES string of the molecule is Cl.O=C(CCl)Nc1ccc2c(c1)CCc1nnc(Cc3cccc(Cl)c3)n1-2. The molecule has 0 radical (unpaired) electrons. The zero-order chi connectivity index (χ0) is 18.1. The molecule has 3 aromatic rings. The molecule has 0 unspecified atom stereocenters. The van der Waals surface area contributed by atoms with E-state index in [4.69, 9.17) is 23.2 Å². The number of benzene rings is 2. The fourth-order valence-corrected chi connectivity index (χ4v) is 3.54. The number of fused-ring (bicyclic) bond motifs is 3. The molecular weight excluding hydrogens is 407 g/mol. The molecule has 2 heterocycles. The molecule has 5 nitrogen and oxygen atoms in total. The predicted molar refractivity (Wildman–Crippen MR) is 110 cm³/mol. The maximum atomic E-state index is 11.5. The van der Waals surface area contributed by atoms with Crippen molar-refractivity contribution in [3.63, 3.8) is 0 Å². The van der Waals surface area contributed by atoms with Crippen molar-refractivity contribution >= 4 is 47.2 Å². The molecule has 2 aromatic carbocycles. The van der Waals surface area contributed by atoms with Crippen molar-refractivity contribution in [1.29, 1.82) is 0 Å². The lowest BCUT2D eigenvalue weighted by Crippen LogP contribution is -2.17. The van der Waals surface area contributed by atoms with Crippen LogP contribution in [-0.4, -0.2) is 26.6 Å². The number of anilines is 1. The summed E-state index contributed by atoms with van der Waals surface area (Å²) in [6.07, 6.45) is 2.31. The van der Waals surface area contributed by atoms with Crippen LogP contribution < -0.4 is 5.32 Å². The number of aromatic nitrogens is 3. The van der Waals surface area contributed by atoms with Crippen molar-refractivity contribution in [2.45, 2.75) is 19.3 Å². The van der Waals surface area contributed by atoms with Crippen molar-refractivity contribution in [3.8, 4) is 5.69 Å². The van der Waals surface area contributed by atoms with E-state index < -0.39 is 0 Å². The molecule has 1 N–H and O–H groups in total. The minimum Gasteiger partial charge on any atom is -0.325 e. The molecule has 27 heavy (non-hydrogen) atoms. The predicted octanol–water partition coefficient (Wildman–Crippen LogP) is 4.21. The van der Waals surface area contributed by atoms with E-state index in [0.717, 1.165) is 47.0 Å². The van der Waals surface area contributed by atoms with E-state index in [-0.39, 0.29) is 24.2 Å². The fourth-order valence-electron chi connectivity index (χ4n) is 3.26. The lowest BCUT2D eigenvalue weighted by atomic mass is 10.0. The highest BCUT2D eigenvalue weighted by Gasteiger charge is 2.22. The maximum absolute atomic E-state index is 11.5. The average molecular weight is 424 g/mol. The summed E-state index contributed by atoms with van der Waals surface area (Å²) >= 11 is 11.7. The number of halogens is 3. The average Bonchev–Trinajstić information content (AvgIpc) is 3.04. The summed E-state index contributed by atoms with van der Waals surface area (Å²) < 4.78 is 2.10. The van der Waals surface area contributed by atoms with Gasteiger partial charge in [-0.3, -0.25) is 9.36 Å². The van der Waals surface area contributed by atoms with Gasteiger partial charge in [0.2, 0.25) is 5.91 Å². The van der Waals surface area contributed by atoms with Crippen LogP contribution in [0, 0.1) is 0 Å². The molecule has 0 saturated carbocycles. The number of alkyl halides is 1. The van der Waals surface area contributed by atoms with Gasteiger partial charge in [0.1, 0.15) is 17.5 Å². The van der Waals surface area contributed by atoms with Crippen LogP contribution >= 0.6 is 35.6 Å². The monoisotopic (exact) mass is 422 g/mol. The van der Waals surface area contributed by atoms with Crippen molar-refractivity contribution in [2.24, 2.45) is 0 Å². The topological polar surface area (TPSA) is 59.8 Å². The van der Waals surface area contributed by atoms with Gasteiger partial charge in [-0.05, 0) is 47.9 Å². The molecule has 8 heteroatoms. The number of rotatable bonds is 4. The summed E-state index contributed by atoms with van der Waals surface area (Å²) in [7, 11) is 0. The standard InChI is InChI=1S/C19H16Cl2N4O.ClH/c20-11-19(26)22-15-5-6-16-13(10-15)4-7-17-23-24-18(25(16)17)9-12-2-1-3-14(21)8-12;/h1-3,5-6,8,10H,4,7,9,11H2,(H,22,26);1H. The van der Waals surface area contributed by atoms with E-state index in [9.17, 15) is 4.79 Å². The number of aryl methyl sites for hydroxylation is 2. The van der Waals surface area contributed by atoms with E-state index in [1.54, 1.807) is 0 Å². The first kappa shape index (κ1) is 19.7. The van der Waals surface area contributed by atoms with E-state index in [1.165, 1.54) is 0 Å². The Balaban J connectivity index is 0.00000210. The van der Waals surface area contributed by atoms with E-state index in [2.05, 4.69) is 20.1 Å². The molecule has 1 aromatic heterocycles. The highest BCUT2D eigenvalue weighted by atomic mass is 35.5. The molecule has 4 rings (SSSR count). The number of hydrogen-bond donors (Lipinski definition) is 1. The largest absolute Gasteiger partial charge is 0.325 e. The Kier molecular flexibility index (Phi) is 6.05. The first-order valence-corrected chi connectivity index (χ1v) is 9.22. The quantitative estimate of drug-likeness (QED) is 0.640. The Labute approximate surface area is 173 Å². The molecule has 0 atom stereocenters. The van der Waals surface area contributed by atoms with Crippen LogP contribution in [0.15, 0.2) is 42.5 Å². The summed E-state index contributed by atoms with van der Waals surface area (Å²) in [5.74, 6) is 1.55. The highest BCUT2D eigenvalue weighted by Crippen LogP contribution is 2.28. The van der Waals surface area contributed by atoms with Crippen LogP contribution in [0.25, 0.3) is 5.69 Å². The maximum Gasteiger partial charge on any atom is 0.239 e. The molecule has 0 bridgehead atoms. The summed E-state index contributed by atoms with van der Waals surface area (Å²) in [6.45, 7) is 0. The van der Waals surface area contributed by atoms with Gasteiger partial charge in [-0.25, -0.2) is 0 Å². The van der Waals surface area contributed by atoms with Crippen molar-refractivity contribution in [1.82, 2.24) is 14.8 Å². The molecule has 0 spiro atoms. The third-order valence-corrected chi connectivity index (χ3v) is 4.87. The Hall–Kier alpha value is -2.08. The molecule has 1 amide bonds.